The zero-order chi connectivity index (χ0) is 16.8. The first kappa shape index (κ1) is 17.9. The molecule has 0 heterocycles. The van der Waals surface area contributed by atoms with E-state index < -0.39 is 0 Å². The minimum Gasteiger partial charge on any atom is -0.482 e. The van der Waals surface area contributed by atoms with Crippen LogP contribution >= 0.6 is 23.2 Å². The first-order valence-electron chi connectivity index (χ1n) is 7.54. The third-order valence-corrected chi connectivity index (χ3v) is 3.95. The maximum absolute atomic E-state index is 12.3. The normalized spacial score (nSPS) is 13.5. The van der Waals surface area contributed by atoms with E-state index in [-0.39, 0.29) is 30.9 Å². The van der Waals surface area contributed by atoms with E-state index in [2.05, 4.69) is 0 Å². The van der Waals surface area contributed by atoms with Crippen LogP contribution in [-0.4, -0.2) is 42.6 Å². The fourth-order valence-corrected chi connectivity index (χ4v) is 2.62. The molecule has 0 saturated heterocycles. The molecule has 1 amide bonds. The van der Waals surface area contributed by atoms with E-state index in [0.717, 1.165) is 12.8 Å². The number of nitrogens with zero attached hydrogens (tertiary/aromatic N) is 1. The molecule has 0 aliphatic heterocycles. The molecule has 23 heavy (non-hydrogen) atoms. The summed E-state index contributed by atoms with van der Waals surface area (Å²) in [6.07, 6.45) is 2.10. The van der Waals surface area contributed by atoms with Crippen molar-refractivity contribution in [2.24, 2.45) is 0 Å². The average molecular weight is 360 g/mol. The van der Waals surface area contributed by atoms with Crippen LogP contribution in [0.25, 0.3) is 0 Å². The van der Waals surface area contributed by atoms with Crippen molar-refractivity contribution in [3.63, 3.8) is 0 Å². The number of rotatable bonds is 8. The Morgan fingerprint density at radius 1 is 1.30 bits per heavy atom. The van der Waals surface area contributed by atoms with Crippen LogP contribution in [0.1, 0.15) is 26.2 Å². The van der Waals surface area contributed by atoms with Crippen LogP contribution in [0.4, 0.5) is 0 Å². The Morgan fingerprint density at radius 2 is 2.04 bits per heavy atom. The molecule has 1 aromatic carbocycles. The number of benzene rings is 1. The summed E-state index contributed by atoms with van der Waals surface area (Å²) < 4.78 is 10.4. The number of halogens is 2. The lowest BCUT2D eigenvalue weighted by Crippen LogP contribution is -2.38. The summed E-state index contributed by atoms with van der Waals surface area (Å²) >= 11 is 11.8. The van der Waals surface area contributed by atoms with Crippen molar-refractivity contribution in [2.45, 2.75) is 32.2 Å². The highest BCUT2D eigenvalue weighted by Crippen LogP contribution is 2.29. The molecule has 0 aromatic heterocycles. The smallest absolute Gasteiger partial charge is 0.307 e. The zero-order valence-electron chi connectivity index (χ0n) is 12.9. The third-order valence-electron chi connectivity index (χ3n) is 3.42. The largest absolute Gasteiger partial charge is 0.482 e. The van der Waals surface area contributed by atoms with E-state index in [9.17, 15) is 9.59 Å². The highest BCUT2D eigenvalue weighted by molar-refractivity contribution is 6.35. The highest BCUT2D eigenvalue weighted by atomic mass is 35.5. The summed E-state index contributed by atoms with van der Waals surface area (Å²) in [5.41, 5.74) is 0. The van der Waals surface area contributed by atoms with Crippen molar-refractivity contribution in [1.29, 1.82) is 0 Å². The Hall–Kier alpha value is -1.46. The lowest BCUT2D eigenvalue weighted by atomic mass is 10.3. The van der Waals surface area contributed by atoms with Gasteiger partial charge >= 0.3 is 5.97 Å². The molecule has 0 N–H and O–H groups in total. The van der Waals surface area contributed by atoms with Gasteiger partial charge in [-0.15, -0.1) is 0 Å². The topological polar surface area (TPSA) is 55.8 Å². The second-order valence-electron chi connectivity index (χ2n) is 5.24. The number of hydrogen-bond acceptors (Lipinski definition) is 4. The van der Waals surface area contributed by atoms with E-state index in [1.165, 1.54) is 0 Å². The molecule has 0 bridgehead atoms. The van der Waals surface area contributed by atoms with Gasteiger partial charge in [0.25, 0.3) is 5.91 Å². The first-order valence-corrected chi connectivity index (χ1v) is 8.29. The number of hydrogen-bond donors (Lipinski definition) is 0. The van der Waals surface area contributed by atoms with Crippen molar-refractivity contribution in [3.05, 3.63) is 28.2 Å². The maximum Gasteiger partial charge on any atom is 0.307 e. The number of ether oxygens (including phenoxy) is 2. The van der Waals surface area contributed by atoms with Gasteiger partial charge in [0.2, 0.25) is 0 Å². The lowest BCUT2D eigenvalue weighted by molar-refractivity contribution is -0.144. The SMILES string of the molecule is CCOC(=O)CCN(C(=O)COc1ccc(Cl)cc1Cl)C1CC1. The molecular formula is C16H19Cl2NO4. The molecule has 1 aromatic rings. The van der Waals surface area contributed by atoms with Gasteiger partial charge < -0.3 is 14.4 Å². The van der Waals surface area contributed by atoms with Crippen molar-refractivity contribution in [2.75, 3.05) is 19.8 Å². The maximum atomic E-state index is 12.3. The summed E-state index contributed by atoms with van der Waals surface area (Å²) in [6.45, 7) is 2.32. The molecule has 1 aliphatic carbocycles. The molecule has 1 saturated carbocycles. The third kappa shape index (κ3) is 5.59. The molecule has 0 atom stereocenters. The molecule has 0 radical (unpaired) electrons. The van der Waals surface area contributed by atoms with Crippen LogP contribution in [0.5, 0.6) is 5.75 Å². The van der Waals surface area contributed by atoms with Crippen molar-refractivity contribution < 1.29 is 19.1 Å². The lowest BCUT2D eigenvalue weighted by Gasteiger charge is -2.22. The second kappa shape index (κ2) is 8.41. The minimum atomic E-state index is -0.299. The Balaban J connectivity index is 1.87. The van der Waals surface area contributed by atoms with E-state index >= 15 is 0 Å². The van der Waals surface area contributed by atoms with Crippen LogP contribution in [0, 0.1) is 0 Å². The van der Waals surface area contributed by atoms with Crippen LogP contribution in [0.15, 0.2) is 18.2 Å². The van der Waals surface area contributed by atoms with Gasteiger partial charge in [-0.05, 0) is 38.0 Å². The molecule has 126 valence electrons. The van der Waals surface area contributed by atoms with Gasteiger partial charge in [-0.1, -0.05) is 23.2 Å². The predicted molar refractivity (Wildman–Crippen MR) is 87.9 cm³/mol. The molecule has 5 nitrogen and oxygen atoms in total. The van der Waals surface area contributed by atoms with Gasteiger partial charge in [0, 0.05) is 17.6 Å². The Labute approximate surface area is 145 Å². The van der Waals surface area contributed by atoms with Gasteiger partial charge in [-0.2, -0.15) is 0 Å². The molecule has 2 rings (SSSR count). The molecule has 1 aliphatic rings. The van der Waals surface area contributed by atoms with E-state index in [1.807, 2.05) is 0 Å². The van der Waals surface area contributed by atoms with Crippen molar-refractivity contribution in [1.82, 2.24) is 4.90 Å². The van der Waals surface area contributed by atoms with Crippen molar-refractivity contribution >= 4 is 35.1 Å². The summed E-state index contributed by atoms with van der Waals surface area (Å²) in [4.78, 5) is 25.5. The fourth-order valence-electron chi connectivity index (χ4n) is 2.16. The summed E-state index contributed by atoms with van der Waals surface area (Å²) in [6, 6.07) is 5.02. The summed E-state index contributed by atoms with van der Waals surface area (Å²) in [7, 11) is 0. The van der Waals surface area contributed by atoms with Gasteiger partial charge in [-0.25, -0.2) is 0 Å². The Bertz CT molecular complexity index is 575. The van der Waals surface area contributed by atoms with Gasteiger partial charge in [-0.3, -0.25) is 9.59 Å². The Morgan fingerprint density at radius 3 is 2.65 bits per heavy atom. The van der Waals surface area contributed by atoms with E-state index in [4.69, 9.17) is 32.7 Å². The van der Waals surface area contributed by atoms with Crippen LogP contribution in [-0.2, 0) is 14.3 Å². The van der Waals surface area contributed by atoms with Gasteiger partial charge in [0.15, 0.2) is 6.61 Å². The summed E-state index contributed by atoms with van der Waals surface area (Å²) in [5.74, 6) is -0.0546. The van der Waals surface area contributed by atoms with E-state index in [0.29, 0.717) is 28.9 Å². The van der Waals surface area contributed by atoms with E-state index in [1.54, 1.807) is 30.0 Å². The zero-order valence-corrected chi connectivity index (χ0v) is 14.4. The molecule has 0 spiro atoms. The highest BCUT2D eigenvalue weighted by Gasteiger charge is 2.32. The monoisotopic (exact) mass is 359 g/mol. The first-order chi connectivity index (χ1) is 11.0. The van der Waals surface area contributed by atoms with Gasteiger partial charge in [0.05, 0.1) is 18.1 Å². The fraction of sp³-hybridized carbons (Fsp3) is 0.500. The quantitative estimate of drug-likeness (QED) is 0.668. The number of esters is 1. The minimum absolute atomic E-state index is 0.124. The number of carbonyl (C=O) groups excluding carboxylic acids is 2. The average Bonchev–Trinajstić information content (AvgIpc) is 3.31. The van der Waals surface area contributed by atoms with Crippen LogP contribution in [0.2, 0.25) is 10.0 Å². The molecule has 1 fully saturated rings. The summed E-state index contributed by atoms with van der Waals surface area (Å²) in [5, 5.41) is 0.859. The second-order valence-corrected chi connectivity index (χ2v) is 6.08. The van der Waals surface area contributed by atoms with Gasteiger partial charge in [0.1, 0.15) is 5.75 Å². The number of amides is 1. The van der Waals surface area contributed by atoms with Crippen LogP contribution < -0.4 is 4.74 Å². The predicted octanol–water partition coefficient (Wildman–Crippen LogP) is 3.32. The molecule has 7 heteroatoms. The van der Waals surface area contributed by atoms with Crippen molar-refractivity contribution in [3.8, 4) is 5.75 Å². The Kier molecular flexibility index (Phi) is 6.54. The standard InChI is InChI=1S/C16H19Cl2NO4/c1-2-22-16(21)7-8-19(12-4-5-12)15(20)10-23-14-6-3-11(17)9-13(14)18/h3,6,9,12H,2,4-5,7-8,10H2,1H3. The molecule has 0 unspecified atom stereocenters. The molecular weight excluding hydrogens is 341 g/mol. The number of carbonyl (C=O) groups is 2. The van der Waals surface area contributed by atoms with Crippen LogP contribution in [0.3, 0.4) is 0 Å².